The molecule has 2 heteroatoms. The number of rotatable bonds is 0. The van der Waals surface area contributed by atoms with Crippen molar-refractivity contribution in [2.45, 2.75) is 33.1 Å². The Morgan fingerprint density at radius 3 is 2.58 bits per heavy atom. The van der Waals surface area contributed by atoms with Crippen molar-refractivity contribution in [1.82, 2.24) is 4.90 Å². The third-order valence-electron chi connectivity index (χ3n) is 2.06. The Bertz CT molecular complexity index is 137. The minimum absolute atomic E-state index is 0.285. The summed E-state index contributed by atoms with van der Waals surface area (Å²) in [6.45, 7) is 6.13. The first kappa shape index (κ1) is 11.4. The molecule has 0 spiro atoms. The van der Waals surface area contributed by atoms with Gasteiger partial charge >= 0.3 is 0 Å². The van der Waals surface area contributed by atoms with Gasteiger partial charge < -0.3 is 4.90 Å². The number of nitrogens with zero attached hydrogens (tertiary/aromatic N) is 2. The number of hydrogen-bond acceptors (Lipinski definition) is 2. The highest BCUT2D eigenvalue weighted by atomic mass is 15.1. The molecule has 0 aromatic rings. The summed E-state index contributed by atoms with van der Waals surface area (Å²) < 4.78 is 0. The molecule has 1 rings (SSSR count). The van der Waals surface area contributed by atoms with Gasteiger partial charge in [-0.25, -0.2) is 0 Å². The van der Waals surface area contributed by atoms with Crippen molar-refractivity contribution in [3.63, 3.8) is 0 Å². The highest BCUT2D eigenvalue weighted by Gasteiger charge is 2.13. The average Bonchev–Trinajstić information content (AvgIpc) is 2.33. The molecule has 1 heterocycles. The van der Waals surface area contributed by atoms with Gasteiger partial charge in [0.2, 0.25) is 0 Å². The van der Waals surface area contributed by atoms with Crippen LogP contribution in [-0.2, 0) is 0 Å². The monoisotopic (exact) mass is 168 g/mol. The Morgan fingerprint density at radius 1 is 1.33 bits per heavy atom. The van der Waals surface area contributed by atoms with E-state index in [0.717, 1.165) is 19.5 Å². The molecule has 0 radical (unpaired) electrons. The molecule has 0 N–H and O–H groups in total. The summed E-state index contributed by atoms with van der Waals surface area (Å²) >= 11 is 0. The topological polar surface area (TPSA) is 27.0 Å². The summed E-state index contributed by atoms with van der Waals surface area (Å²) in [5.74, 6) is 0.285. The second-order valence-corrected chi connectivity index (χ2v) is 3.08. The van der Waals surface area contributed by atoms with Crippen molar-refractivity contribution in [1.29, 1.82) is 5.26 Å². The molecule has 0 amide bonds. The molecule has 0 saturated carbocycles. The van der Waals surface area contributed by atoms with Crippen molar-refractivity contribution in [3.05, 3.63) is 0 Å². The summed E-state index contributed by atoms with van der Waals surface area (Å²) in [5, 5.41) is 8.66. The lowest BCUT2D eigenvalue weighted by Crippen LogP contribution is -2.23. The van der Waals surface area contributed by atoms with Gasteiger partial charge in [-0.15, -0.1) is 0 Å². The van der Waals surface area contributed by atoms with Crippen LogP contribution in [0.15, 0.2) is 0 Å². The van der Waals surface area contributed by atoms with Crippen LogP contribution in [0.1, 0.15) is 33.1 Å². The fourth-order valence-electron chi connectivity index (χ4n) is 1.44. The summed E-state index contributed by atoms with van der Waals surface area (Å²) in [4.78, 5) is 2.25. The van der Waals surface area contributed by atoms with E-state index in [-0.39, 0.29) is 5.92 Å². The highest BCUT2D eigenvalue weighted by Crippen LogP contribution is 2.13. The maximum Gasteiger partial charge on any atom is 0.0669 e. The molecular weight excluding hydrogens is 148 g/mol. The van der Waals surface area contributed by atoms with Gasteiger partial charge in [0.25, 0.3) is 0 Å². The van der Waals surface area contributed by atoms with Crippen LogP contribution in [0.3, 0.4) is 0 Å². The van der Waals surface area contributed by atoms with Gasteiger partial charge in [0.1, 0.15) is 0 Å². The smallest absolute Gasteiger partial charge is 0.0669 e. The zero-order valence-corrected chi connectivity index (χ0v) is 8.51. The second-order valence-electron chi connectivity index (χ2n) is 3.08. The average molecular weight is 168 g/mol. The molecular formula is C10H20N2. The molecule has 1 unspecified atom stereocenters. The van der Waals surface area contributed by atoms with E-state index < -0.39 is 0 Å². The Labute approximate surface area is 76.2 Å². The van der Waals surface area contributed by atoms with Crippen molar-refractivity contribution in [2.75, 3.05) is 20.1 Å². The minimum Gasteiger partial charge on any atom is -0.305 e. The van der Waals surface area contributed by atoms with Gasteiger partial charge in [0.15, 0.2) is 0 Å². The third-order valence-corrected chi connectivity index (χ3v) is 2.06. The first-order valence-corrected chi connectivity index (χ1v) is 4.91. The third kappa shape index (κ3) is 4.35. The van der Waals surface area contributed by atoms with E-state index in [9.17, 15) is 0 Å². The molecule has 0 aromatic carbocycles. The molecule has 12 heavy (non-hydrogen) atoms. The van der Waals surface area contributed by atoms with Crippen molar-refractivity contribution >= 4 is 0 Å². The van der Waals surface area contributed by atoms with Gasteiger partial charge in [0, 0.05) is 6.54 Å². The van der Waals surface area contributed by atoms with E-state index in [1.54, 1.807) is 0 Å². The van der Waals surface area contributed by atoms with Gasteiger partial charge in [-0.05, 0) is 26.4 Å². The maximum absolute atomic E-state index is 8.66. The van der Waals surface area contributed by atoms with E-state index in [2.05, 4.69) is 18.0 Å². The molecule has 1 atom stereocenters. The number of nitriles is 1. The molecule has 0 aromatic heterocycles. The Balaban J connectivity index is 0.000000561. The fourth-order valence-corrected chi connectivity index (χ4v) is 1.44. The van der Waals surface area contributed by atoms with Gasteiger partial charge in [-0.1, -0.05) is 20.3 Å². The van der Waals surface area contributed by atoms with Gasteiger partial charge in [-0.3, -0.25) is 0 Å². The van der Waals surface area contributed by atoms with Crippen LogP contribution >= 0.6 is 0 Å². The second kappa shape index (κ2) is 7.12. The van der Waals surface area contributed by atoms with Crippen LogP contribution in [0.2, 0.25) is 0 Å². The molecule has 70 valence electrons. The highest BCUT2D eigenvalue weighted by molar-refractivity contribution is 4.86. The molecule has 1 aliphatic rings. The molecule has 0 aliphatic carbocycles. The molecule has 2 nitrogen and oxygen atoms in total. The first-order valence-electron chi connectivity index (χ1n) is 4.91. The predicted molar refractivity (Wildman–Crippen MR) is 51.8 cm³/mol. The number of hydrogen-bond donors (Lipinski definition) is 0. The van der Waals surface area contributed by atoms with Crippen molar-refractivity contribution < 1.29 is 0 Å². The van der Waals surface area contributed by atoms with E-state index in [4.69, 9.17) is 5.26 Å². The van der Waals surface area contributed by atoms with E-state index >= 15 is 0 Å². The molecule has 1 saturated heterocycles. The van der Waals surface area contributed by atoms with E-state index in [1.165, 1.54) is 12.8 Å². The van der Waals surface area contributed by atoms with E-state index in [1.807, 2.05) is 13.8 Å². The largest absolute Gasteiger partial charge is 0.305 e. The van der Waals surface area contributed by atoms with Crippen LogP contribution < -0.4 is 0 Å². The van der Waals surface area contributed by atoms with Crippen LogP contribution in [0.5, 0.6) is 0 Å². The van der Waals surface area contributed by atoms with Gasteiger partial charge in [0.05, 0.1) is 12.0 Å². The fraction of sp³-hybridized carbons (Fsp3) is 0.900. The lowest BCUT2D eigenvalue weighted by atomic mass is 10.1. The standard InChI is InChI=1S/C8H14N2.C2H6/c1-10-5-3-2-4-8(6-9)7-10;1-2/h8H,2-5,7H2,1H3;1-2H3. The van der Waals surface area contributed by atoms with Crippen molar-refractivity contribution in [3.8, 4) is 6.07 Å². The zero-order valence-electron chi connectivity index (χ0n) is 8.51. The normalized spacial score (nSPS) is 24.7. The van der Waals surface area contributed by atoms with Crippen LogP contribution in [0.25, 0.3) is 0 Å². The summed E-state index contributed by atoms with van der Waals surface area (Å²) in [7, 11) is 2.09. The number of likely N-dealkylation sites (tertiary alicyclic amines) is 1. The quantitative estimate of drug-likeness (QED) is 0.555. The molecule has 1 aliphatic heterocycles. The van der Waals surface area contributed by atoms with Crippen molar-refractivity contribution in [2.24, 2.45) is 5.92 Å². The summed E-state index contributed by atoms with van der Waals surface area (Å²) in [6, 6.07) is 2.33. The Hall–Kier alpha value is -0.550. The van der Waals surface area contributed by atoms with Crippen LogP contribution in [-0.4, -0.2) is 25.0 Å². The zero-order chi connectivity index (χ0) is 9.40. The maximum atomic E-state index is 8.66. The summed E-state index contributed by atoms with van der Waals surface area (Å²) in [6.07, 6.45) is 3.58. The molecule has 0 bridgehead atoms. The van der Waals surface area contributed by atoms with Crippen LogP contribution in [0, 0.1) is 17.2 Å². The van der Waals surface area contributed by atoms with Gasteiger partial charge in [-0.2, -0.15) is 5.26 Å². The van der Waals surface area contributed by atoms with Crippen LogP contribution in [0.4, 0.5) is 0 Å². The minimum atomic E-state index is 0.285. The molecule has 1 fully saturated rings. The Morgan fingerprint density at radius 2 is 2.00 bits per heavy atom. The Kier molecular flexibility index (Phi) is 6.79. The lowest BCUT2D eigenvalue weighted by molar-refractivity contribution is 0.326. The SMILES string of the molecule is CC.CN1CCCCC(C#N)C1. The van der Waals surface area contributed by atoms with E-state index in [0.29, 0.717) is 0 Å². The predicted octanol–water partition coefficient (Wildman–Crippen LogP) is 2.27. The lowest BCUT2D eigenvalue weighted by Gasteiger charge is -2.13. The first-order chi connectivity index (χ1) is 5.83. The summed E-state index contributed by atoms with van der Waals surface area (Å²) in [5.41, 5.74) is 0.